The number of nitrogens with zero attached hydrogens (tertiary/aromatic N) is 3. The van der Waals surface area contributed by atoms with E-state index in [1.807, 2.05) is 36.9 Å². The number of amides is 1. The topological polar surface area (TPSA) is 69.6 Å². The first-order chi connectivity index (χ1) is 13.2. The van der Waals surface area contributed by atoms with Crippen molar-refractivity contribution in [2.75, 3.05) is 31.1 Å². The molecule has 27 heavy (non-hydrogen) atoms. The number of para-hydroxylation sites is 1. The van der Waals surface area contributed by atoms with Crippen molar-refractivity contribution in [3.63, 3.8) is 0 Å². The van der Waals surface area contributed by atoms with Crippen LogP contribution < -0.4 is 15.5 Å². The molecule has 0 saturated heterocycles. The molecule has 0 bridgehead atoms. The van der Waals surface area contributed by atoms with Gasteiger partial charge in [0, 0.05) is 37.1 Å². The highest BCUT2D eigenvalue weighted by Gasteiger charge is 2.21. The zero-order chi connectivity index (χ0) is 19.1. The third-order valence-electron chi connectivity index (χ3n) is 4.47. The van der Waals surface area contributed by atoms with Gasteiger partial charge in [0.25, 0.3) is 0 Å². The van der Waals surface area contributed by atoms with E-state index in [0.29, 0.717) is 5.96 Å². The van der Waals surface area contributed by atoms with Crippen molar-refractivity contribution in [1.82, 2.24) is 15.6 Å². The van der Waals surface area contributed by atoms with Crippen molar-refractivity contribution in [1.29, 1.82) is 0 Å². The molecule has 1 aliphatic heterocycles. The fourth-order valence-electron chi connectivity index (χ4n) is 3.20. The summed E-state index contributed by atoms with van der Waals surface area (Å²) in [5.74, 6) is 0.706. The van der Waals surface area contributed by atoms with Crippen molar-refractivity contribution in [2.24, 2.45) is 4.99 Å². The summed E-state index contributed by atoms with van der Waals surface area (Å²) >= 11 is 1.66. The molecule has 3 rings (SSSR count). The van der Waals surface area contributed by atoms with Crippen LogP contribution in [-0.4, -0.2) is 43.0 Å². The number of aromatic nitrogens is 1. The summed E-state index contributed by atoms with van der Waals surface area (Å²) < 4.78 is 0. The molecule has 0 fully saturated rings. The van der Waals surface area contributed by atoms with Gasteiger partial charge in [-0.05, 0) is 38.3 Å². The lowest BCUT2D eigenvalue weighted by molar-refractivity contribution is -0.117. The highest BCUT2D eigenvalue weighted by Crippen LogP contribution is 2.26. The number of thiazole rings is 1. The summed E-state index contributed by atoms with van der Waals surface area (Å²) in [5.41, 5.74) is 3.35. The zero-order valence-electron chi connectivity index (χ0n) is 16.0. The van der Waals surface area contributed by atoms with E-state index in [0.717, 1.165) is 55.3 Å². The molecule has 0 aliphatic carbocycles. The first kappa shape index (κ1) is 19.4. The largest absolute Gasteiger partial charge is 0.357 e. The molecule has 0 spiro atoms. The quantitative estimate of drug-likeness (QED) is 0.592. The lowest BCUT2D eigenvalue weighted by Crippen LogP contribution is -2.41. The van der Waals surface area contributed by atoms with Crippen LogP contribution in [0.25, 0.3) is 0 Å². The molecule has 1 amide bonds. The van der Waals surface area contributed by atoms with Gasteiger partial charge in [-0.25, -0.2) is 9.98 Å². The SMILES string of the molecule is CCNC(=NCC(=O)N1CCCc2ccccc21)NCCc1csc(C)n1. The van der Waals surface area contributed by atoms with Crippen LogP contribution in [0.5, 0.6) is 0 Å². The number of aryl methyl sites for hydroxylation is 2. The average Bonchev–Trinajstić information content (AvgIpc) is 3.10. The van der Waals surface area contributed by atoms with Crippen LogP contribution in [0, 0.1) is 6.92 Å². The number of carbonyl (C=O) groups is 1. The second-order valence-electron chi connectivity index (χ2n) is 6.51. The minimum absolute atomic E-state index is 0.0366. The number of fused-ring (bicyclic) bond motifs is 1. The summed E-state index contributed by atoms with van der Waals surface area (Å²) in [5, 5.41) is 9.65. The number of hydrogen-bond acceptors (Lipinski definition) is 4. The van der Waals surface area contributed by atoms with Gasteiger partial charge in [-0.2, -0.15) is 0 Å². The Morgan fingerprint density at radius 2 is 2.19 bits per heavy atom. The van der Waals surface area contributed by atoms with Crippen molar-refractivity contribution < 1.29 is 4.79 Å². The van der Waals surface area contributed by atoms with Crippen LogP contribution in [-0.2, 0) is 17.6 Å². The third-order valence-corrected chi connectivity index (χ3v) is 5.29. The first-order valence-electron chi connectivity index (χ1n) is 9.49. The number of benzene rings is 1. The summed E-state index contributed by atoms with van der Waals surface area (Å²) in [6.45, 7) is 6.41. The Kier molecular flexibility index (Phi) is 6.81. The summed E-state index contributed by atoms with van der Waals surface area (Å²) in [6.07, 6.45) is 2.86. The fraction of sp³-hybridized carbons (Fsp3) is 0.450. The van der Waals surface area contributed by atoms with E-state index in [9.17, 15) is 4.79 Å². The van der Waals surface area contributed by atoms with Crippen LogP contribution in [0.4, 0.5) is 5.69 Å². The van der Waals surface area contributed by atoms with Crippen molar-refractivity contribution in [2.45, 2.75) is 33.1 Å². The van der Waals surface area contributed by atoms with Crippen LogP contribution in [0.1, 0.15) is 29.6 Å². The van der Waals surface area contributed by atoms with Gasteiger partial charge in [0.2, 0.25) is 5.91 Å². The predicted octanol–water partition coefficient (Wildman–Crippen LogP) is 2.53. The Hall–Kier alpha value is -2.41. The Bertz CT molecular complexity index is 801. The van der Waals surface area contributed by atoms with E-state index in [-0.39, 0.29) is 12.5 Å². The molecule has 6 nitrogen and oxygen atoms in total. The summed E-state index contributed by atoms with van der Waals surface area (Å²) in [6, 6.07) is 8.14. The van der Waals surface area contributed by atoms with Gasteiger partial charge >= 0.3 is 0 Å². The highest BCUT2D eigenvalue weighted by molar-refractivity contribution is 7.09. The Labute approximate surface area is 164 Å². The monoisotopic (exact) mass is 385 g/mol. The number of hydrogen-bond donors (Lipinski definition) is 2. The lowest BCUT2D eigenvalue weighted by atomic mass is 10.0. The molecular weight excluding hydrogens is 358 g/mol. The van der Waals surface area contributed by atoms with Crippen LogP contribution in [0.15, 0.2) is 34.6 Å². The van der Waals surface area contributed by atoms with E-state index in [4.69, 9.17) is 0 Å². The van der Waals surface area contributed by atoms with Crippen molar-refractivity contribution >= 4 is 28.9 Å². The molecule has 2 heterocycles. The molecule has 0 saturated carbocycles. The van der Waals surface area contributed by atoms with Gasteiger partial charge in [0.1, 0.15) is 6.54 Å². The third kappa shape index (κ3) is 5.29. The molecule has 1 aromatic carbocycles. The standard InChI is InChI=1S/C20H27N5OS/c1-3-21-20(22-11-10-17-14-27-15(2)24-17)23-13-19(26)25-12-6-8-16-7-4-5-9-18(16)25/h4-5,7,9,14H,3,6,8,10-13H2,1-2H3,(H2,21,22,23). The Morgan fingerprint density at radius 1 is 1.33 bits per heavy atom. The van der Waals surface area contributed by atoms with Crippen LogP contribution in [0.3, 0.4) is 0 Å². The summed E-state index contributed by atoms with van der Waals surface area (Å²) in [7, 11) is 0. The second-order valence-corrected chi connectivity index (χ2v) is 7.57. The van der Waals surface area contributed by atoms with Gasteiger partial charge in [0.05, 0.1) is 10.7 Å². The molecule has 2 aromatic rings. The normalized spacial score (nSPS) is 14.0. The average molecular weight is 386 g/mol. The van der Waals surface area contributed by atoms with Crippen LogP contribution >= 0.6 is 11.3 Å². The fourth-order valence-corrected chi connectivity index (χ4v) is 3.85. The highest BCUT2D eigenvalue weighted by atomic mass is 32.1. The maximum atomic E-state index is 12.7. The second kappa shape index (κ2) is 9.50. The molecule has 2 N–H and O–H groups in total. The van der Waals surface area contributed by atoms with Crippen molar-refractivity contribution in [3.05, 3.63) is 45.9 Å². The maximum absolute atomic E-state index is 12.7. The van der Waals surface area contributed by atoms with E-state index in [1.54, 1.807) is 11.3 Å². The number of rotatable bonds is 6. The molecule has 0 radical (unpaired) electrons. The molecule has 0 unspecified atom stereocenters. The zero-order valence-corrected chi connectivity index (χ0v) is 16.8. The summed E-state index contributed by atoms with van der Waals surface area (Å²) in [4.78, 5) is 23.5. The number of nitrogens with one attached hydrogen (secondary N) is 2. The van der Waals surface area contributed by atoms with E-state index < -0.39 is 0 Å². The minimum atomic E-state index is 0.0366. The van der Waals surface area contributed by atoms with Gasteiger partial charge in [-0.15, -0.1) is 11.3 Å². The van der Waals surface area contributed by atoms with E-state index in [1.165, 1.54) is 5.56 Å². The van der Waals surface area contributed by atoms with Crippen molar-refractivity contribution in [3.8, 4) is 0 Å². The number of carbonyl (C=O) groups excluding carboxylic acids is 1. The Morgan fingerprint density at radius 3 is 2.96 bits per heavy atom. The van der Waals surface area contributed by atoms with Gasteiger partial charge in [-0.3, -0.25) is 4.79 Å². The van der Waals surface area contributed by atoms with Gasteiger partial charge in [-0.1, -0.05) is 18.2 Å². The maximum Gasteiger partial charge on any atom is 0.248 e. The molecule has 7 heteroatoms. The van der Waals surface area contributed by atoms with E-state index >= 15 is 0 Å². The molecular formula is C20H27N5OS. The van der Waals surface area contributed by atoms with E-state index in [2.05, 4.69) is 32.1 Å². The molecule has 1 aliphatic rings. The Balaban J connectivity index is 1.57. The van der Waals surface area contributed by atoms with Gasteiger partial charge in [0.15, 0.2) is 5.96 Å². The molecule has 1 aromatic heterocycles. The lowest BCUT2D eigenvalue weighted by Gasteiger charge is -2.29. The molecule has 0 atom stereocenters. The first-order valence-corrected chi connectivity index (χ1v) is 10.4. The predicted molar refractivity (Wildman–Crippen MR) is 112 cm³/mol. The number of guanidine groups is 1. The smallest absolute Gasteiger partial charge is 0.248 e. The minimum Gasteiger partial charge on any atom is -0.357 e. The van der Waals surface area contributed by atoms with Gasteiger partial charge < -0.3 is 15.5 Å². The number of aliphatic imine (C=N–C) groups is 1. The molecule has 144 valence electrons. The number of anilines is 1. The van der Waals surface area contributed by atoms with Crippen LogP contribution in [0.2, 0.25) is 0 Å².